The van der Waals surface area contributed by atoms with E-state index in [0.717, 1.165) is 25.6 Å². The molecule has 98 valence electrons. The van der Waals surface area contributed by atoms with Crippen LogP contribution >= 0.6 is 0 Å². The minimum atomic E-state index is 0.281. The van der Waals surface area contributed by atoms with E-state index in [1.807, 2.05) is 7.05 Å². The maximum Gasteiger partial charge on any atom is 0.225 e. The third-order valence-electron chi connectivity index (χ3n) is 4.45. The molecule has 2 rings (SSSR count). The molecule has 1 unspecified atom stereocenters. The summed E-state index contributed by atoms with van der Waals surface area (Å²) in [4.78, 5) is 14.3. The van der Waals surface area contributed by atoms with Crippen molar-refractivity contribution < 1.29 is 4.79 Å². The molecule has 1 aliphatic heterocycles. The standard InChI is InChI=1S/C14H26N2O/c1-11(13-3-4-13)14(17)16-9-6-12(7-10-16)5-8-15-2/h11-13,15H,3-10H2,1-2H3. The zero-order valence-corrected chi connectivity index (χ0v) is 11.2. The number of carbonyl (C=O) groups excluding carboxylic acids is 1. The molecule has 1 saturated carbocycles. The zero-order valence-electron chi connectivity index (χ0n) is 11.2. The number of nitrogens with one attached hydrogen (secondary N) is 1. The monoisotopic (exact) mass is 238 g/mol. The molecule has 1 N–H and O–H groups in total. The summed E-state index contributed by atoms with van der Waals surface area (Å²) in [7, 11) is 2.01. The predicted molar refractivity (Wildman–Crippen MR) is 69.7 cm³/mol. The van der Waals surface area contributed by atoms with E-state index < -0.39 is 0 Å². The third-order valence-corrected chi connectivity index (χ3v) is 4.45. The van der Waals surface area contributed by atoms with Gasteiger partial charge >= 0.3 is 0 Å². The lowest BCUT2D eigenvalue weighted by Gasteiger charge is -2.33. The first-order chi connectivity index (χ1) is 8.22. The summed E-state index contributed by atoms with van der Waals surface area (Å²) in [5.74, 6) is 2.22. The molecular formula is C14H26N2O. The Bertz CT molecular complexity index is 255. The molecule has 1 atom stereocenters. The minimum Gasteiger partial charge on any atom is -0.342 e. The SMILES string of the molecule is CNCCC1CCN(C(=O)C(C)C2CC2)CC1. The van der Waals surface area contributed by atoms with Crippen LogP contribution in [0.5, 0.6) is 0 Å². The summed E-state index contributed by atoms with van der Waals surface area (Å²) in [5.41, 5.74) is 0. The Balaban J connectivity index is 1.72. The highest BCUT2D eigenvalue weighted by Crippen LogP contribution is 2.37. The topological polar surface area (TPSA) is 32.3 Å². The molecule has 17 heavy (non-hydrogen) atoms. The second-order valence-corrected chi connectivity index (χ2v) is 5.79. The van der Waals surface area contributed by atoms with Gasteiger partial charge in [0.2, 0.25) is 5.91 Å². The molecule has 0 bridgehead atoms. The van der Waals surface area contributed by atoms with Gasteiger partial charge in [-0.1, -0.05) is 6.92 Å². The lowest BCUT2D eigenvalue weighted by molar-refractivity contribution is -0.137. The lowest BCUT2D eigenvalue weighted by atomic mass is 9.92. The van der Waals surface area contributed by atoms with Gasteiger partial charge < -0.3 is 10.2 Å². The largest absolute Gasteiger partial charge is 0.342 e. The van der Waals surface area contributed by atoms with E-state index in [4.69, 9.17) is 0 Å². The molecule has 0 aromatic carbocycles. The van der Waals surface area contributed by atoms with Crippen LogP contribution in [0.1, 0.15) is 39.0 Å². The first-order valence-corrected chi connectivity index (χ1v) is 7.15. The van der Waals surface area contributed by atoms with Crippen molar-refractivity contribution >= 4 is 5.91 Å². The highest BCUT2D eigenvalue weighted by atomic mass is 16.2. The van der Waals surface area contributed by atoms with Crippen LogP contribution in [0.15, 0.2) is 0 Å². The molecule has 0 spiro atoms. The molecule has 1 aliphatic carbocycles. The van der Waals surface area contributed by atoms with Crippen LogP contribution in [0, 0.1) is 17.8 Å². The fraction of sp³-hybridized carbons (Fsp3) is 0.929. The second kappa shape index (κ2) is 5.85. The number of hydrogen-bond donors (Lipinski definition) is 1. The van der Waals surface area contributed by atoms with E-state index in [1.165, 1.54) is 32.1 Å². The fourth-order valence-electron chi connectivity index (χ4n) is 2.88. The van der Waals surface area contributed by atoms with Crippen molar-refractivity contribution in [2.75, 3.05) is 26.7 Å². The Morgan fingerprint density at radius 2 is 1.94 bits per heavy atom. The minimum absolute atomic E-state index is 0.281. The highest BCUT2D eigenvalue weighted by molar-refractivity contribution is 5.79. The maximum atomic E-state index is 12.2. The van der Waals surface area contributed by atoms with Gasteiger partial charge in [0.1, 0.15) is 0 Å². The van der Waals surface area contributed by atoms with Crippen molar-refractivity contribution in [3.63, 3.8) is 0 Å². The summed E-state index contributed by atoms with van der Waals surface area (Å²) >= 11 is 0. The summed E-state index contributed by atoms with van der Waals surface area (Å²) in [6, 6.07) is 0. The van der Waals surface area contributed by atoms with Crippen molar-refractivity contribution in [3.05, 3.63) is 0 Å². The lowest BCUT2D eigenvalue weighted by Crippen LogP contribution is -2.42. The van der Waals surface area contributed by atoms with E-state index in [9.17, 15) is 4.79 Å². The molecule has 1 amide bonds. The van der Waals surface area contributed by atoms with Gasteiger partial charge in [0.15, 0.2) is 0 Å². The zero-order chi connectivity index (χ0) is 12.3. The van der Waals surface area contributed by atoms with Gasteiger partial charge in [0.05, 0.1) is 0 Å². The Morgan fingerprint density at radius 1 is 1.29 bits per heavy atom. The number of carbonyl (C=O) groups is 1. The van der Waals surface area contributed by atoms with Gasteiger partial charge in [-0.15, -0.1) is 0 Å². The molecule has 0 aromatic heterocycles. The van der Waals surface area contributed by atoms with Crippen molar-refractivity contribution in [1.29, 1.82) is 0 Å². The highest BCUT2D eigenvalue weighted by Gasteiger charge is 2.35. The quantitative estimate of drug-likeness (QED) is 0.793. The van der Waals surface area contributed by atoms with Crippen LogP contribution in [-0.4, -0.2) is 37.5 Å². The molecule has 2 fully saturated rings. The Hall–Kier alpha value is -0.570. The van der Waals surface area contributed by atoms with Crippen molar-refractivity contribution in [2.45, 2.75) is 39.0 Å². The summed E-state index contributed by atoms with van der Waals surface area (Å²) in [6.45, 7) is 5.21. The number of hydrogen-bond acceptors (Lipinski definition) is 2. The van der Waals surface area contributed by atoms with Gasteiger partial charge in [-0.25, -0.2) is 0 Å². The second-order valence-electron chi connectivity index (χ2n) is 5.79. The summed E-state index contributed by atoms with van der Waals surface area (Å²) in [6.07, 6.45) is 6.20. The number of amides is 1. The van der Waals surface area contributed by atoms with Crippen LogP contribution in [0.2, 0.25) is 0 Å². The molecule has 1 saturated heterocycles. The van der Waals surface area contributed by atoms with E-state index in [0.29, 0.717) is 11.8 Å². The van der Waals surface area contributed by atoms with Gasteiger partial charge in [0.25, 0.3) is 0 Å². The van der Waals surface area contributed by atoms with Crippen LogP contribution in [0.25, 0.3) is 0 Å². The van der Waals surface area contributed by atoms with E-state index in [2.05, 4.69) is 17.1 Å². The Kier molecular flexibility index (Phi) is 4.43. The van der Waals surface area contributed by atoms with Gasteiger partial charge in [0, 0.05) is 19.0 Å². The van der Waals surface area contributed by atoms with Crippen LogP contribution in [-0.2, 0) is 4.79 Å². The fourth-order valence-corrected chi connectivity index (χ4v) is 2.88. The van der Waals surface area contributed by atoms with Gasteiger partial charge in [-0.05, 0) is 57.5 Å². The molecule has 3 nitrogen and oxygen atoms in total. The van der Waals surface area contributed by atoms with Crippen LogP contribution in [0.4, 0.5) is 0 Å². The Morgan fingerprint density at radius 3 is 2.47 bits per heavy atom. The maximum absolute atomic E-state index is 12.2. The molecular weight excluding hydrogens is 212 g/mol. The van der Waals surface area contributed by atoms with E-state index in [-0.39, 0.29) is 5.92 Å². The molecule has 3 heteroatoms. The van der Waals surface area contributed by atoms with Crippen molar-refractivity contribution in [1.82, 2.24) is 10.2 Å². The number of piperidine rings is 1. The van der Waals surface area contributed by atoms with Crippen LogP contribution < -0.4 is 5.32 Å². The third kappa shape index (κ3) is 3.44. The average molecular weight is 238 g/mol. The summed E-state index contributed by atoms with van der Waals surface area (Å²) in [5, 5.41) is 3.21. The van der Waals surface area contributed by atoms with Crippen molar-refractivity contribution in [2.24, 2.45) is 17.8 Å². The number of rotatable bonds is 5. The molecule has 0 radical (unpaired) electrons. The van der Waals surface area contributed by atoms with Gasteiger partial charge in [-0.3, -0.25) is 4.79 Å². The smallest absolute Gasteiger partial charge is 0.225 e. The average Bonchev–Trinajstić information content (AvgIpc) is 3.19. The van der Waals surface area contributed by atoms with Crippen LogP contribution in [0.3, 0.4) is 0 Å². The van der Waals surface area contributed by atoms with Crippen molar-refractivity contribution in [3.8, 4) is 0 Å². The van der Waals surface area contributed by atoms with E-state index >= 15 is 0 Å². The first kappa shape index (κ1) is 12.9. The normalized spacial score (nSPS) is 23.8. The number of likely N-dealkylation sites (tertiary alicyclic amines) is 1. The first-order valence-electron chi connectivity index (χ1n) is 7.15. The Labute approximate surface area is 105 Å². The van der Waals surface area contributed by atoms with E-state index in [1.54, 1.807) is 0 Å². The molecule has 1 heterocycles. The molecule has 0 aromatic rings. The predicted octanol–water partition coefficient (Wildman–Crippen LogP) is 1.88. The van der Waals surface area contributed by atoms with Gasteiger partial charge in [-0.2, -0.15) is 0 Å². The number of nitrogens with zero attached hydrogens (tertiary/aromatic N) is 1. The summed E-state index contributed by atoms with van der Waals surface area (Å²) < 4.78 is 0. The molecule has 2 aliphatic rings.